The van der Waals surface area contributed by atoms with E-state index in [2.05, 4.69) is 5.32 Å². The highest BCUT2D eigenvalue weighted by Crippen LogP contribution is 2.42. The van der Waals surface area contributed by atoms with Gasteiger partial charge in [-0.15, -0.1) is 0 Å². The monoisotopic (exact) mass is 490 g/mol. The fourth-order valence-corrected chi connectivity index (χ4v) is 4.69. The maximum Gasteiger partial charge on any atom is 0.408 e. The van der Waals surface area contributed by atoms with Gasteiger partial charge in [-0.2, -0.15) is 0 Å². The minimum absolute atomic E-state index is 0.00177. The van der Waals surface area contributed by atoms with Gasteiger partial charge in [0.15, 0.2) is 5.78 Å². The first-order valence-corrected chi connectivity index (χ1v) is 11.5. The summed E-state index contributed by atoms with van der Waals surface area (Å²) in [5, 5.41) is 12.6. The number of esters is 1. The summed E-state index contributed by atoms with van der Waals surface area (Å²) >= 11 is 0. The molecule has 2 N–H and O–H groups in total. The van der Waals surface area contributed by atoms with Crippen LogP contribution in [0.3, 0.4) is 0 Å². The Morgan fingerprint density at radius 3 is 2.60 bits per heavy atom. The number of amides is 2. The first-order chi connectivity index (χ1) is 16.8. The Bertz CT molecular complexity index is 936. The highest BCUT2D eigenvalue weighted by Gasteiger charge is 2.47. The maximum absolute atomic E-state index is 12.7. The SMILES string of the molecule is COC(=O)C[C@H]1CCC[C@H]2CC(=O)N(OCC(=O)[C@H](CC(=O)O)NC(=O)OCc3ccccc3)[C@@H]12. The van der Waals surface area contributed by atoms with Crippen molar-refractivity contribution >= 4 is 29.7 Å². The summed E-state index contributed by atoms with van der Waals surface area (Å²) < 4.78 is 9.84. The van der Waals surface area contributed by atoms with E-state index < -0.39 is 36.9 Å². The molecule has 0 bridgehead atoms. The van der Waals surface area contributed by atoms with Gasteiger partial charge in [-0.3, -0.25) is 24.0 Å². The predicted octanol–water partition coefficient (Wildman–Crippen LogP) is 1.84. The van der Waals surface area contributed by atoms with Gasteiger partial charge in [0.05, 0.1) is 26.0 Å². The van der Waals surface area contributed by atoms with Gasteiger partial charge < -0.3 is 19.9 Å². The molecule has 2 amide bonds. The molecule has 0 unspecified atom stereocenters. The molecule has 0 aromatic heterocycles. The van der Waals surface area contributed by atoms with E-state index >= 15 is 0 Å². The van der Waals surface area contributed by atoms with E-state index in [-0.39, 0.29) is 49.2 Å². The zero-order chi connectivity index (χ0) is 25.4. The molecular formula is C24H30N2O9. The smallest absolute Gasteiger partial charge is 0.408 e. The fourth-order valence-electron chi connectivity index (χ4n) is 4.69. The topological polar surface area (TPSA) is 149 Å². The molecule has 1 heterocycles. The molecule has 190 valence electrons. The lowest BCUT2D eigenvalue weighted by atomic mass is 9.76. The third kappa shape index (κ3) is 7.25. The van der Waals surface area contributed by atoms with Gasteiger partial charge in [-0.05, 0) is 30.2 Å². The Morgan fingerprint density at radius 1 is 1.17 bits per heavy atom. The number of hydrogen-bond donors (Lipinski definition) is 2. The zero-order valence-electron chi connectivity index (χ0n) is 19.5. The summed E-state index contributed by atoms with van der Waals surface area (Å²) in [6.07, 6.45) is 1.16. The van der Waals surface area contributed by atoms with Crippen molar-refractivity contribution in [1.29, 1.82) is 0 Å². The van der Waals surface area contributed by atoms with Crippen molar-refractivity contribution in [2.75, 3.05) is 13.7 Å². The number of carbonyl (C=O) groups is 5. The highest BCUT2D eigenvalue weighted by atomic mass is 16.7. The van der Waals surface area contributed by atoms with Crippen molar-refractivity contribution in [3.8, 4) is 0 Å². The number of ether oxygens (including phenoxy) is 2. The van der Waals surface area contributed by atoms with Crippen LogP contribution in [0.1, 0.15) is 44.1 Å². The Balaban J connectivity index is 1.59. The minimum atomic E-state index is -1.40. The van der Waals surface area contributed by atoms with E-state index in [1.54, 1.807) is 24.3 Å². The van der Waals surface area contributed by atoms with Gasteiger partial charge in [0, 0.05) is 6.42 Å². The van der Waals surface area contributed by atoms with Crippen LogP contribution in [0.25, 0.3) is 0 Å². The molecule has 2 aliphatic rings. The molecule has 0 radical (unpaired) electrons. The normalized spacial score (nSPS) is 22.1. The minimum Gasteiger partial charge on any atom is -0.481 e. The number of aliphatic carboxylic acids is 1. The van der Waals surface area contributed by atoms with Crippen LogP contribution in [0.2, 0.25) is 0 Å². The number of hydroxylamine groups is 2. The van der Waals surface area contributed by atoms with Crippen LogP contribution < -0.4 is 5.32 Å². The molecule has 0 spiro atoms. The van der Waals surface area contributed by atoms with E-state index in [9.17, 15) is 29.1 Å². The number of carboxylic acids is 1. The number of nitrogens with one attached hydrogen (secondary N) is 1. The van der Waals surface area contributed by atoms with E-state index in [1.165, 1.54) is 7.11 Å². The van der Waals surface area contributed by atoms with E-state index in [1.807, 2.05) is 6.07 Å². The van der Waals surface area contributed by atoms with Crippen molar-refractivity contribution in [3.05, 3.63) is 35.9 Å². The van der Waals surface area contributed by atoms with Crippen LogP contribution in [-0.4, -0.2) is 65.7 Å². The van der Waals surface area contributed by atoms with Crippen molar-refractivity contribution in [1.82, 2.24) is 10.4 Å². The zero-order valence-corrected chi connectivity index (χ0v) is 19.5. The molecule has 4 atom stereocenters. The summed E-state index contributed by atoms with van der Waals surface area (Å²) in [6.45, 7) is -0.666. The van der Waals surface area contributed by atoms with Crippen molar-refractivity contribution in [2.45, 2.75) is 57.2 Å². The average molecular weight is 491 g/mol. The molecule has 35 heavy (non-hydrogen) atoms. The summed E-state index contributed by atoms with van der Waals surface area (Å²) in [5.74, 6) is -2.86. The van der Waals surface area contributed by atoms with Gasteiger partial charge in [-0.25, -0.2) is 9.86 Å². The van der Waals surface area contributed by atoms with Crippen LogP contribution in [0.5, 0.6) is 0 Å². The number of Topliss-reactive ketones (excluding diaryl/α,β-unsaturated/α-hetero) is 1. The quantitative estimate of drug-likeness (QED) is 0.443. The number of rotatable bonds is 11. The standard InChI is InChI=1S/C24H30N2O9/c1-33-22(31)11-17-9-5-8-16-10-20(28)26(23(16)17)35-14-19(27)18(12-21(29)30)25-24(32)34-13-15-6-3-2-4-7-15/h2-4,6-7,16-18,23H,5,8-14H2,1H3,(H,25,32)(H,29,30)/t16-,17+,18-,23+/m0/s1. The summed E-state index contributed by atoms with van der Waals surface area (Å²) in [4.78, 5) is 66.1. The van der Waals surface area contributed by atoms with Gasteiger partial charge in [0.25, 0.3) is 0 Å². The summed E-state index contributed by atoms with van der Waals surface area (Å²) in [5.41, 5.74) is 0.725. The Kier molecular flexibility index (Phi) is 9.18. The number of nitrogens with zero attached hydrogens (tertiary/aromatic N) is 1. The lowest BCUT2D eigenvalue weighted by Gasteiger charge is -2.37. The predicted molar refractivity (Wildman–Crippen MR) is 119 cm³/mol. The number of carboxylic acid groups (broad SMARTS) is 1. The van der Waals surface area contributed by atoms with Crippen LogP contribution in [-0.2, 0) is 40.1 Å². The number of benzene rings is 1. The number of carbonyl (C=O) groups excluding carboxylic acids is 4. The second-order valence-corrected chi connectivity index (χ2v) is 8.74. The van der Waals surface area contributed by atoms with E-state index in [0.717, 1.165) is 23.5 Å². The van der Waals surface area contributed by atoms with Crippen molar-refractivity contribution in [3.63, 3.8) is 0 Å². The number of methoxy groups -OCH3 is 1. The van der Waals surface area contributed by atoms with E-state index in [0.29, 0.717) is 6.42 Å². The van der Waals surface area contributed by atoms with Crippen molar-refractivity contribution < 1.29 is 43.4 Å². The van der Waals surface area contributed by atoms with Gasteiger partial charge in [0.2, 0.25) is 5.91 Å². The first kappa shape index (κ1) is 26.1. The second-order valence-electron chi connectivity index (χ2n) is 8.74. The molecule has 3 rings (SSSR count). The molecule has 2 fully saturated rings. The summed E-state index contributed by atoms with van der Waals surface area (Å²) in [6, 6.07) is 7.09. The van der Waals surface area contributed by atoms with Crippen LogP contribution in [0.4, 0.5) is 4.79 Å². The molecular weight excluding hydrogens is 460 g/mol. The van der Waals surface area contributed by atoms with E-state index in [4.69, 9.17) is 14.3 Å². The number of fused-ring (bicyclic) bond motifs is 1. The largest absolute Gasteiger partial charge is 0.481 e. The molecule has 11 nitrogen and oxygen atoms in total. The summed E-state index contributed by atoms with van der Waals surface area (Å²) in [7, 11) is 1.30. The fraction of sp³-hybridized carbons (Fsp3) is 0.542. The average Bonchev–Trinajstić information content (AvgIpc) is 3.16. The lowest BCUT2D eigenvalue weighted by Crippen LogP contribution is -2.47. The third-order valence-corrected chi connectivity index (χ3v) is 6.34. The number of ketones is 1. The van der Waals surface area contributed by atoms with Gasteiger partial charge in [-0.1, -0.05) is 36.8 Å². The van der Waals surface area contributed by atoms with Gasteiger partial charge >= 0.3 is 18.0 Å². The first-order valence-electron chi connectivity index (χ1n) is 11.5. The molecule has 11 heteroatoms. The number of alkyl carbamates (subject to hydrolysis) is 1. The van der Waals surface area contributed by atoms with Gasteiger partial charge in [0.1, 0.15) is 19.3 Å². The third-order valence-electron chi connectivity index (χ3n) is 6.34. The maximum atomic E-state index is 12.7. The van der Waals surface area contributed by atoms with Crippen LogP contribution in [0.15, 0.2) is 30.3 Å². The number of hydrogen-bond acceptors (Lipinski definition) is 8. The molecule has 1 saturated carbocycles. The van der Waals surface area contributed by atoms with Crippen molar-refractivity contribution in [2.24, 2.45) is 11.8 Å². The second kappa shape index (κ2) is 12.3. The molecule has 1 saturated heterocycles. The molecule has 1 aromatic carbocycles. The van der Waals surface area contributed by atoms with Crippen LogP contribution in [0, 0.1) is 11.8 Å². The molecule has 1 aromatic rings. The van der Waals surface area contributed by atoms with Crippen LogP contribution >= 0.6 is 0 Å². The Hall–Kier alpha value is -3.47. The Morgan fingerprint density at radius 2 is 1.91 bits per heavy atom. The molecule has 1 aliphatic carbocycles. The Labute approximate surface area is 202 Å². The lowest BCUT2D eigenvalue weighted by molar-refractivity contribution is -0.201. The molecule has 1 aliphatic heterocycles. The highest BCUT2D eigenvalue weighted by molar-refractivity contribution is 5.91.